The first-order valence-electron chi connectivity index (χ1n) is 6.36. The van der Waals surface area contributed by atoms with Crippen molar-refractivity contribution < 1.29 is 8.42 Å². The first kappa shape index (κ1) is 15.7. The number of aromatic nitrogens is 1. The van der Waals surface area contributed by atoms with Gasteiger partial charge in [-0.15, -0.1) is 0 Å². The van der Waals surface area contributed by atoms with Crippen molar-refractivity contribution in [1.29, 1.82) is 0 Å². The summed E-state index contributed by atoms with van der Waals surface area (Å²) in [4.78, 5) is 4.24. The molecule has 1 aliphatic rings. The van der Waals surface area contributed by atoms with Crippen molar-refractivity contribution in [3.8, 4) is 0 Å². The number of sulfonamides is 1. The van der Waals surface area contributed by atoms with Gasteiger partial charge in [-0.05, 0) is 30.7 Å². The third-order valence-electron chi connectivity index (χ3n) is 3.07. The maximum Gasteiger partial charge on any atom is 0.242 e. The van der Waals surface area contributed by atoms with E-state index in [-0.39, 0.29) is 9.88 Å². The topological polar surface area (TPSA) is 85.1 Å². The van der Waals surface area contributed by atoms with Crippen LogP contribution in [0, 0.1) is 0 Å². The Labute approximate surface area is 128 Å². The van der Waals surface area contributed by atoms with Gasteiger partial charge in [-0.3, -0.25) is 4.98 Å². The number of rotatable bonds is 5. The van der Waals surface area contributed by atoms with Gasteiger partial charge in [0.05, 0.1) is 5.69 Å². The molecule has 3 N–H and O–H groups in total. The first-order chi connectivity index (χ1) is 9.49. The van der Waals surface area contributed by atoms with Gasteiger partial charge in [-0.1, -0.05) is 18.6 Å². The summed E-state index contributed by atoms with van der Waals surface area (Å²) in [5.74, 6) is 1.11. The molecule has 0 aliphatic carbocycles. The number of nitrogens with one attached hydrogen (secondary N) is 1. The number of hydrogen-bond acceptors (Lipinski definition) is 5. The number of thiocarbonyl (C=S) groups is 1. The van der Waals surface area contributed by atoms with E-state index in [1.165, 1.54) is 31.2 Å². The normalized spacial score (nSPS) is 19.7. The van der Waals surface area contributed by atoms with Crippen LogP contribution in [0.2, 0.25) is 0 Å². The Kier molecular flexibility index (Phi) is 5.36. The molecule has 0 aromatic carbocycles. The van der Waals surface area contributed by atoms with Crippen LogP contribution in [0.4, 0.5) is 0 Å². The molecular formula is C12H17N3O2S3. The molecule has 5 nitrogen and oxygen atoms in total. The molecule has 2 rings (SSSR count). The standard InChI is InChI=1S/C12H17N3O2S3/c13-12(18)11-5-4-10(8-14-11)20(16,17)15-7-9-3-1-2-6-19-9/h4-5,8-9,15H,1-3,6-7H2,(H2,13,18). The Morgan fingerprint density at radius 3 is 2.85 bits per heavy atom. The number of pyridine rings is 1. The van der Waals surface area contributed by atoms with Crippen LogP contribution in [0.5, 0.6) is 0 Å². The molecule has 1 unspecified atom stereocenters. The fourth-order valence-corrected chi connectivity index (χ4v) is 4.43. The lowest BCUT2D eigenvalue weighted by Crippen LogP contribution is -2.32. The maximum atomic E-state index is 12.1. The Bertz CT molecular complexity index is 566. The number of nitrogens with zero attached hydrogens (tertiary/aromatic N) is 1. The molecular weight excluding hydrogens is 314 g/mol. The van der Waals surface area contributed by atoms with Crippen LogP contribution < -0.4 is 10.5 Å². The molecule has 1 saturated heterocycles. The van der Waals surface area contributed by atoms with Gasteiger partial charge in [0.2, 0.25) is 10.0 Å². The zero-order valence-corrected chi connectivity index (χ0v) is 13.4. The molecule has 1 aliphatic heterocycles. The van der Waals surface area contributed by atoms with Crippen molar-refractivity contribution in [1.82, 2.24) is 9.71 Å². The number of thioether (sulfide) groups is 1. The molecule has 1 fully saturated rings. The molecule has 1 aromatic heterocycles. The minimum absolute atomic E-state index is 0.137. The summed E-state index contributed by atoms with van der Waals surface area (Å²) in [5, 5.41) is 0.363. The van der Waals surface area contributed by atoms with E-state index in [0.29, 0.717) is 17.5 Å². The summed E-state index contributed by atoms with van der Waals surface area (Å²) in [7, 11) is -3.51. The third-order valence-corrected chi connectivity index (χ3v) is 6.09. The summed E-state index contributed by atoms with van der Waals surface area (Å²) in [6.45, 7) is 0.462. The molecule has 1 atom stereocenters. The van der Waals surface area contributed by atoms with E-state index in [2.05, 4.69) is 9.71 Å². The van der Waals surface area contributed by atoms with E-state index in [4.69, 9.17) is 18.0 Å². The van der Waals surface area contributed by atoms with Crippen molar-refractivity contribution in [2.45, 2.75) is 29.4 Å². The van der Waals surface area contributed by atoms with Gasteiger partial charge in [0.15, 0.2) is 0 Å². The fourth-order valence-electron chi connectivity index (χ4n) is 1.94. The average Bonchev–Trinajstić information content (AvgIpc) is 2.46. The smallest absolute Gasteiger partial charge is 0.242 e. The minimum atomic E-state index is -3.51. The SMILES string of the molecule is NC(=S)c1ccc(S(=O)(=O)NCC2CCCCS2)cn1. The lowest BCUT2D eigenvalue weighted by atomic mass is 10.2. The number of hydrogen-bond donors (Lipinski definition) is 2. The largest absolute Gasteiger partial charge is 0.388 e. The van der Waals surface area contributed by atoms with Crippen LogP contribution in [0.25, 0.3) is 0 Å². The predicted molar refractivity (Wildman–Crippen MR) is 85.4 cm³/mol. The highest BCUT2D eigenvalue weighted by atomic mass is 32.2. The molecule has 110 valence electrons. The number of nitrogens with two attached hydrogens (primary N) is 1. The fraction of sp³-hybridized carbons (Fsp3) is 0.500. The minimum Gasteiger partial charge on any atom is -0.388 e. The van der Waals surface area contributed by atoms with E-state index < -0.39 is 10.0 Å². The molecule has 0 radical (unpaired) electrons. The second kappa shape index (κ2) is 6.84. The van der Waals surface area contributed by atoms with E-state index in [1.807, 2.05) is 11.8 Å². The highest BCUT2D eigenvalue weighted by Crippen LogP contribution is 2.24. The van der Waals surface area contributed by atoms with Crippen LogP contribution in [-0.2, 0) is 10.0 Å². The zero-order valence-electron chi connectivity index (χ0n) is 10.9. The van der Waals surface area contributed by atoms with Crippen LogP contribution in [-0.4, -0.2) is 35.9 Å². The van der Waals surface area contributed by atoms with Gasteiger partial charge in [-0.2, -0.15) is 11.8 Å². The molecule has 0 bridgehead atoms. The Morgan fingerprint density at radius 1 is 1.50 bits per heavy atom. The van der Waals surface area contributed by atoms with Crippen LogP contribution >= 0.6 is 24.0 Å². The quantitative estimate of drug-likeness (QED) is 0.791. The van der Waals surface area contributed by atoms with Crippen molar-refractivity contribution >= 4 is 39.0 Å². The molecule has 0 saturated carbocycles. The monoisotopic (exact) mass is 331 g/mol. The Hall–Kier alpha value is -0.700. The van der Waals surface area contributed by atoms with Gasteiger partial charge in [0.25, 0.3) is 0 Å². The summed E-state index contributed by atoms with van der Waals surface area (Å²) in [6.07, 6.45) is 4.73. The Balaban J connectivity index is 2.00. The predicted octanol–water partition coefficient (Wildman–Crippen LogP) is 1.28. The van der Waals surface area contributed by atoms with E-state index in [1.54, 1.807) is 0 Å². The van der Waals surface area contributed by atoms with Gasteiger partial charge in [0, 0.05) is 18.0 Å². The average molecular weight is 331 g/mol. The highest BCUT2D eigenvalue weighted by molar-refractivity contribution is 8.00. The van der Waals surface area contributed by atoms with Crippen molar-refractivity contribution in [2.24, 2.45) is 5.73 Å². The second-order valence-corrected chi connectivity index (χ2v) is 8.20. The van der Waals surface area contributed by atoms with E-state index in [9.17, 15) is 8.42 Å². The molecule has 8 heteroatoms. The van der Waals surface area contributed by atoms with E-state index in [0.717, 1.165) is 12.2 Å². The van der Waals surface area contributed by atoms with E-state index >= 15 is 0 Å². The molecule has 2 heterocycles. The summed E-state index contributed by atoms with van der Waals surface area (Å²) in [6, 6.07) is 2.99. The zero-order chi connectivity index (χ0) is 14.6. The lowest BCUT2D eigenvalue weighted by Gasteiger charge is -2.21. The van der Waals surface area contributed by atoms with Gasteiger partial charge in [-0.25, -0.2) is 13.1 Å². The summed E-state index contributed by atoms with van der Waals surface area (Å²) >= 11 is 6.61. The Morgan fingerprint density at radius 2 is 2.30 bits per heavy atom. The maximum absolute atomic E-state index is 12.1. The van der Waals surface area contributed by atoms with Crippen molar-refractivity contribution in [3.63, 3.8) is 0 Å². The van der Waals surface area contributed by atoms with Crippen LogP contribution in [0.3, 0.4) is 0 Å². The van der Waals surface area contributed by atoms with Gasteiger partial charge >= 0.3 is 0 Å². The summed E-state index contributed by atoms with van der Waals surface area (Å²) in [5.41, 5.74) is 5.85. The lowest BCUT2D eigenvalue weighted by molar-refractivity contribution is 0.573. The van der Waals surface area contributed by atoms with Crippen LogP contribution in [0.1, 0.15) is 25.0 Å². The second-order valence-electron chi connectivity index (χ2n) is 4.58. The summed E-state index contributed by atoms with van der Waals surface area (Å²) < 4.78 is 26.9. The van der Waals surface area contributed by atoms with Gasteiger partial charge < -0.3 is 5.73 Å². The van der Waals surface area contributed by atoms with Gasteiger partial charge in [0.1, 0.15) is 9.88 Å². The first-order valence-corrected chi connectivity index (χ1v) is 9.30. The molecule has 20 heavy (non-hydrogen) atoms. The molecule has 1 aromatic rings. The molecule has 0 spiro atoms. The third kappa shape index (κ3) is 4.15. The molecule has 0 amide bonds. The van der Waals surface area contributed by atoms with Crippen molar-refractivity contribution in [3.05, 3.63) is 24.0 Å². The van der Waals surface area contributed by atoms with Crippen LogP contribution in [0.15, 0.2) is 23.2 Å². The van der Waals surface area contributed by atoms with Crippen molar-refractivity contribution in [2.75, 3.05) is 12.3 Å². The highest BCUT2D eigenvalue weighted by Gasteiger charge is 2.19.